The SMILES string of the molecule is COc1cccc2cc(CN3CCC[C@@H](c4nnc5n4CCNCC5)C3)oc12. The van der Waals surface area contributed by atoms with Gasteiger partial charge in [-0.1, -0.05) is 12.1 Å². The van der Waals surface area contributed by atoms with E-state index in [1.165, 1.54) is 12.8 Å². The third-order valence-electron chi connectivity index (χ3n) is 5.92. The monoisotopic (exact) mass is 381 g/mol. The second kappa shape index (κ2) is 7.56. The van der Waals surface area contributed by atoms with Gasteiger partial charge in [0.1, 0.15) is 17.4 Å². The largest absolute Gasteiger partial charge is 0.493 e. The van der Waals surface area contributed by atoms with Gasteiger partial charge < -0.3 is 19.0 Å². The van der Waals surface area contributed by atoms with Crippen LogP contribution in [0.25, 0.3) is 11.0 Å². The first-order valence-corrected chi connectivity index (χ1v) is 10.2. The number of ether oxygens (including phenoxy) is 1. The van der Waals surface area contributed by atoms with Crippen LogP contribution in [0.15, 0.2) is 28.7 Å². The number of para-hydroxylation sites is 1. The second-order valence-electron chi connectivity index (χ2n) is 7.79. The lowest BCUT2D eigenvalue weighted by Gasteiger charge is -2.31. The van der Waals surface area contributed by atoms with Crippen molar-refractivity contribution in [2.45, 2.75) is 38.3 Å². The topological polar surface area (TPSA) is 68.3 Å². The van der Waals surface area contributed by atoms with Gasteiger partial charge >= 0.3 is 0 Å². The molecule has 1 saturated heterocycles. The highest BCUT2D eigenvalue weighted by Gasteiger charge is 2.28. The van der Waals surface area contributed by atoms with E-state index in [-0.39, 0.29) is 0 Å². The zero-order chi connectivity index (χ0) is 18.9. The Morgan fingerprint density at radius 2 is 2.21 bits per heavy atom. The molecule has 2 aromatic heterocycles. The second-order valence-corrected chi connectivity index (χ2v) is 7.79. The maximum atomic E-state index is 6.12. The minimum absolute atomic E-state index is 0.437. The lowest BCUT2D eigenvalue weighted by Crippen LogP contribution is -2.35. The van der Waals surface area contributed by atoms with Gasteiger partial charge in [0.15, 0.2) is 11.3 Å². The number of benzene rings is 1. The van der Waals surface area contributed by atoms with E-state index in [0.717, 1.165) is 79.8 Å². The molecule has 2 aliphatic rings. The minimum Gasteiger partial charge on any atom is -0.493 e. The molecule has 1 fully saturated rings. The number of hydrogen-bond donors (Lipinski definition) is 1. The van der Waals surface area contributed by atoms with Gasteiger partial charge in [-0.3, -0.25) is 4.90 Å². The zero-order valence-electron chi connectivity index (χ0n) is 16.4. The first-order chi connectivity index (χ1) is 13.8. The Kier molecular flexibility index (Phi) is 4.78. The molecule has 4 heterocycles. The molecule has 0 unspecified atom stereocenters. The lowest BCUT2D eigenvalue weighted by atomic mass is 9.97. The fraction of sp³-hybridized carbons (Fsp3) is 0.524. The first kappa shape index (κ1) is 17.7. The van der Waals surface area contributed by atoms with Gasteiger partial charge in [-0.05, 0) is 31.5 Å². The number of rotatable bonds is 4. The Bertz CT molecular complexity index is 963. The number of hydrogen-bond acceptors (Lipinski definition) is 6. The molecule has 0 radical (unpaired) electrons. The lowest BCUT2D eigenvalue weighted by molar-refractivity contribution is 0.183. The summed E-state index contributed by atoms with van der Waals surface area (Å²) < 4.78 is 13.9. The predicted molar refractivity (Wildman–Crippen MR) is 107 cm³/mol. The third-order valence-corrected chi connectivity index (χ3v) is 5.92. The van der Waals surface area contributed by atoms with Crippen molar-refractivity contribution in [2.24, 2.45) is 0 Å². The summed E-state index contributed by atoms with van der Waals surface area (Å²) in [6.45, 7) is 5.86. The van der Waals surface area contributed by atoms with E-state index in [2.05, 4.69) is 37.1 Å². The molecular formula is C21H27N5O2. The predicted octanol–water partition coefficient (Wildman–Crippen LogP) is 2.56. The number of piperidine rings is 1. The van der Waals surface area contributed by atoms with Crippen LogP contribution in [0, 0.1) is 0 Å². The Hall–Kier alpha value is -2.38. The molecule has 7 nitrogen and oxygen atoms in total. The van der Waals surface area contributed by atoms with Gasteiger partial charge in [0.05, 0.1) is 13.7 Å². The van der Waals surface area contributed by atoms with E-state index < -0.39 is 0 Å². The van der Waals surface area contributed by atoms with Crippen LogP contribution in [0.1, 0.15) is 36.2 Å². The molecule has 1 atom stereocenters. The Balaban J connectivity index is 1.33. The molecule has 0 bridgehead atoms. The molecule has 1 N–H and O–H groups in total. The third kappa shape index (κ3) is 3.29. The minimum atomic E-state index is 0.437. The van der Waals surface area contributed by atoms with Crippen LogP contribution in [0.2, 0.25) is 0 Å². The van der Waals surface area contributed by atoms with Crippen LogP contribution in [0.5, 0.6) is 5.75 Å². The number of nitrogens with zero attached hydrogens (tertiary/aromatic N) is 4. The standard InChI is InChI=1S/C21H27N5O2/c1-27-18-6-2-4-15-12-17(28-20(15)18)14-25-10-3-5-16(13-25)21-24-23-19-7-8-22-9-11-26(19)21/h2,4,6,12,16,22H,3,5,7-11,13-14H2,1H3/t16-/m1/s1. The number of likely N-dealkylation sites (tertiary alicyclic amines) is 1. The van der Waals surface area contributed by atoms with Crippen LogP contribution in [-0.4, -0.2) is 53.0 Å². The molecule has 28 heavy (non-hydrogen) atoms. The van der Waals surface area contributed by atoms with Crippen molar-refractivity contribution in [3.8, 4) is 5.75 Å². The number of aromatic nitrogens is 3. The van der Waals surface area contributed by atoms with Crippen LogP contribution in [-0.2, 0) is 19.5 Å². The maximum Gasteiger partial charge on any atom is 0.176 e. The molecule has 1 aromatic carbocycles. The molecule has 0 aliphatic carbocycles. The average molecular weight is 381 g/mol. The van der Waals surface area contributed by atoms with E-state index in [0.29, 0.717) is 5.92 Å². The summed E-state index contributed by atoms with van der Waals surface area (Å²) in [6, 6.07) is 8.15. The van der Waals surface area contributed by atoms with E-state index >= 15 is 0 Å². The van der Waals surface area contributed by atoms with Gasteiger partial charge in [0, 0.05) is 43.9 Å². The van der Waals surface area contributed by atoms with Gasteiger partial charge in [-0.2, -0.15) is 0 Å². The molecular weight excluding hydrogens is 354 g/mol. The van der Waals surface area contributed by atoms with Crippen molar-refractivity contribution >= 4 is 11.0 Å². The Morgan fingerprint density at radius 1 is 1.25 bits per heavy atom. The molecule has 148 valence electrons. The molecule has 3 aromatic rings. The molecule has 0 amide bonds. The number of methoxy groups -OCH3 is 1. The number of furan rings is 1. The Morgan fingerprint density at radius 3 is 3.14 bits per heavy atom. The molecule has 5 rings (SSSR count). The highest BCUT2D eigenvalue weighted by molar-refractivity contribution is 5.83. The van der Waals surface area contributed by atoms with Crippen LogP contribution in [0.4, 0.5) is 0 Å². The normalized spacial score (nSPS) is 20.8. The smallest absolute Gasteiger partial charge is 0.176 e. The Labute approximate surface area is 164 Å². The van der Waals surface area contributed by atoms with Crippen LogP contribution < -0.4 is 10.1 Å². The summed E-state index contributed by atoms with van der Waals surface area (Å²) in [7, 11) is 1.68. The maximum absolute atomic E-state index is 6.12. The number of nitrogens with one attached hydrogen (secondary N) is 1. The highest BCUT2D eigenvalue weighted by atomic mass is 16.5. The van der Waals surface area contributed by atoms with Crippen LogP contribution in [0.3, 0.4) is 0 Å². The molecule has 0 saturated carbocycles. The van der Waals surface area contributed by atoms with E-state index in [9.17, 15) is 0 Å². The summed E-state index contributed by atoms with van der Waals surface area (Å²) in [5.41, 5.74) is 0.837. The first-order valence-electron chi connectivity index (χ1n) is 10.2. The quantitative estimate of drug-likeness (QED) is 0.749. The molecule has 2 aliphatic heterocycles. The molecule has 0 spiro atoms. The van der Waals surface area contributed by atoms with Crippen molar-refractivity contribution in [3.63, 3.8) is 0 Å². The van der Waals surface area contributed by atoms with E-state index in [1.54, 1.807) is 7.11 Å². The molecule has 7 heteroatoms. The van der Waals surface area contributed by atoms with Crippen molar-refractivity contribution in [1.29, 1.82) is 0 Å². The summed E-state index contributed by atoms with van der Waals surface area (Å²) in [4.78, 5) is 2.48. The van der Waals surface area contributed by atoms with Crippen molar-refractivity contribution in [1.82, 2.24) is 25.0 Å². The van der Waals surface area contributed by atoms with Gasteiger partial charge in [-0.25, -0.2) is 0 Å². The highest BCUT2D eigenvalue weighted by Crippen LogP contribution is 2.31. The average Bonchev–Trinajstić information content (AvgIpc) is 3.24. The summed E-state index contributed by atoms with van der Waals surface area (Å²) >= 11 is 0. The van der Waals surface area contributed by atoms with Crippen molar-refractivity contribution in [3.05, 3.63) is 41.7 Å². The summed E-state index contributed by atoms with van der Waals surface area (Å²) in [5, 5.41) is 13.6. The van der Waals surface area contributed by atoms with Gasteiger partial charge in [0.25, 0.3) is 0 Å². The fourth-order valence-electron chi connectivity index (χ4n) is 4.55. The van der Waals surface area contributed by atoms with E-state index in [1.807, 2.05) is 12.1 Å². The van der Waals surface area contributed by atoms with Gasteiger partial charge in [0.2, 0.25) is 0 Å². The summed E-state index contributed by atoms with van der Waals surface area (Å²) in [6.07, 6.45) is 3.31. The zero-order valence-corrected chi connectivity index (χ0v) is 16.4. The van der Waals surface area contributed by atoms with Crippen molar-refractivity contribution in [2.75, 3.05) is 33.3 Å². The van der Waals surface area contributed by atoms with E-state index in [4.69, 9.17) is 9.15 Å². The van der Waals surface area contributed by atoms with Gasteiger partial charge in [-0.15, -0.1) is 10.2 Å². The van der Waals surface area contributed by atoms with Crippen molar-refractivity contribution < 1.29 is 9.15 Å². The number of fused-ring (bicyclic) bond motifs is 2. The van der Waals surface area contributed by atoms with Crippen LogP contribution >= 0.6 is 0 Å². The summed E-state index contributed by atoms with van der Waals surface area (Å²) in [5.74, 6) is 4.51. The fourth-order valence-corrected chi connectivity index (χ4v) is 4.55.